The van der Waals surface area contributed by atoms with E-state index < -0.39 is 0 Å². The monoisotopic (exact) mass is 306 g/mol. The topological polar surface area (TPSA) is 70.6 Å². The van der Waals surface area contributed by atoms with Crippen LogP contribution in [0, 0.1) is 12.8 Å². The molecular weight excluding hydrogens is 280 g/mol. The number of aliphatic hydroxyl groups excluding tert-OH is 1. The highest BCUT2D eigenvalue weighted by Gasteiger charge is 2.25. The standard InChI is InChI=1S/C17H26N2O3/c1-3-4-13(7-8-20)10-18-17(21)19-15-11-22-16-6-5-12(2)9-14(15)16/h5-6,9,13,15,20H,3-4,7-8,10-11H2,1-2H3,(H2,18,19,21). The quantitative estimate of drug-likeness (QED) is 0.725. The molecule has 1 aliphatic rings. The molecule has 2 amide bonds. The summed E-state index contributed by atoms with van der Waals surface area (Å²) in [5.41, 5.74) is 2.19. The van der Waals surface area contributed by atoms with Gasteiger partial charge in [0.05, 0.1) is 6.04 Å². The van der Waals surface area contributed by atoms with Gasteiger partial charge in [-0.2, -0.15) is 0 Å². The molecule has 2 unspecified atom stereocenters. The van der Waals surface area contributed by atoms with Crippen molar-refractivity contribution in [3.8, 4) is 5.75 Å². The molecule has 1 aromatic rings. The van der Waals surface area contributed by atoms with Crippen LogP contribution in [0.2, 0.25) is 0 Å². The predicted molar refractivity (Wildman–Crippen MR) is 86.1 cm³/mol. The van der Waals surface area contributed by atoms with E-state index in [-0.39, 0.29) is 18.7 Å². The number of carbonyl (C=O) groups is 1. The van der Waals surface area contributed by atoms with Gasteiger partial charge < -0.3 is 20.5 Å². The number of urea groups is 1. The third-order valence-electron chi connectivity index (χ3n) is 4.04. The van der Waals surface area contributed by atoms with E-state index in [1.807, 2.05) is 19.1 Å². The molecule has 2 rings (SSSR count). The minimum atomic E-state index is -0.179. The van der Waals surface area contributed by atoms with Crippen molar-refractivity contribution in [2.45, 2.75) is 39.2 Å². The molecule has 5 heteroatoms. The largest absolute Gasteiger partial charge is 0.491 e. The highest BCUT2D eigenvalue weighted by atomic mass is 16.5. The van der Waals surface area contributed by atoms with Gasteiger partial charge in [-0.1, -0.05) is 31.0 Å². The Labute approximate surface area is 132 Å². The van der Waals surface area contributed by atoms with E-state index in [1.165, 1.54) is 0 Å². The number of benzene rings is 1. The van der Waals surface area contributed by atoms with Crippen molar-refractivity contribution in [3.05, 3.63) is 29.3 Å². The lowest BCUT2D eigenvalue weighted by atomic mass is 10.0. The Balaban J connectivity index is 1.85. The van der Waals surface area contributed by atoms with Crippen molar-refractivity contribution in [2.24, 2.45) is 5.92 Å². The van der Waals surface area contributed by atoms with Gasteiger partial charge in [-0.05, 0) is 31.7 Å². The smallest absolute Gasteiger partial charge is 0.315 e. The SMILES string of the molecule is CCCC(CCO)CNC(=O)NC1COc2ccc(C)cc21. The summed E-state index contributed by atoms with van der Waals surface area (Å²) < 4.78 is 5.59. The summed E-state index contributed by atoms with van der Waals surface area (Å²) in [6.07, 6.45) is 2.79. The van der Waals surface area contributed by atoms with Crippen LogP contribution in [-0.4, -0.2) is 30.9 Å². The molecule has 0 radical (unpaired) electrons. The number of hydrogen-bond acceptors (Lipinski definition) is 3. The lowest BCUT2D eigenvalue weighted by Gasteiger charge is -2.18. The maximum absolute atomic E-state index is 12.1. The van der Waals surface area contributed by atoms with Crippen molar-refractivity contribution in [1.29, 1.82) is 0 Å². The molecular formula is C17H26N2O3. The summed E-state index contributed by atoms with van der Waals surface area (Å²) in [6.45, 7) is 5.37. The molecule has 0 bridgehead atoms. The van der Waals surface area contributed by atoms with Gasteiger partial charge >= 0.3 is 6.03 Å². The van der Waals surface area contributed by atoms with E-state index in [4.69, 9.17) is 9.84 Å². The number of rotatable bonds is 7. The van der Waals surface area contributed by atoms with Crippen LogP contribution in [0.3, 0.4) is 0 Å². The Bertz CT molecular complexity index is 499. The molecule has 0 fully saturated rings. The second-order valence-corrected chi connectivity index (χ2v) is 5.93. The first-order chi connectivity index (χ1) is 10.6. The fourth-order valence-electron chi connectivity index (χ4n) is 2.84. The zero-order valence-electron chi connectivity index (χ0n) is 13.4. The first-order valence-corrected chi connectivity index (χ1v) is 8.02. The van der Waals surface area contributed by atoms with Crippen LogP contribution in [0.1, 0.15) is 43.4 Å². The van der Waals surface area contributed by atoms with Crippen molar-refractivity contribution < 1.29 is 14.6 Å². The third-order valence-corrected chi connectivity index (χ3v) is 4.04. The van der Waals surface area contributed by atoms with Crippen LogP contribution < -0.4 is 15.4 Å². The van der Waals surface area contributed by atoms with Crippen molar-refractivity contribution >= 4 is 6.03 Å². The maximum Gasteiger partial charge on any atom is 0.315 e. The fraction of sp³-hybridized carbons (Fsp3) is 0.588. The summed E-state index contributed by atoms with van der Waals surface area (Å²) in [5, 5.41) is 14.9. The minimum absolute atomic E-state index is 0.0997. The van der Waals surface area contributed by atoms with Gasteiger partial charge in [0.15, 0.2) is 0 Å². The molecule has 0 aromatic heterocycles. The van der Waals surface area contributed by atoms with Crippen molar-refractivity contribution in [1.82, 2.24) is 10.6 Å². The van der Waals surface area contributed by atoms with Gasteiger partial charge in [0.1, 0.15) is 12.4 Å². The summed E-state index contributed by atoms with van der Waals surface area (Å²) in [6, 6.07) is 5.73. The van der Waals surface area contributed by atoms with Gasteiger partial charge in [-0.15, -0.1) is 0 Å². The molecule has 2 atom stereocenters. The summed E-state index contributed by atoms with van der Waals surface area (Å²) in [7, 11) is 0. The lowest BCUT2D eigenvalue weighted by molar-refractivity contribution is 0.223. The molecule has 0 saturated carbocycles. The molecule has 122 valence electrons. The normalized spacial score (nSPS) is 17.5. The molecule has 0 saturated heterocycles. The zero-order valence-corrected chi connectivity index (χ0v) is 13.4. The zero-order chi connectivity index (χ0) is 15.9. The van der Waals surface area contributed by atoms with Crippen LogP contribution in [-0.2, 0) is 0 Å². The van der Waals surface area contributed by atoms with Gasteiger partial charge in [-0.3, -0.25) is 0 Å². The lowest BCUT2D eigenvalue weighted by Crippen LogP contribution is -2.40. The third kappa shape index (κ3) is 4.37. The first-order valence-electron chi connectivity index (χ1n) is 8.02. The van der Waals surface area contributed by atoms with E-state index >= 15 is 0 Å². The van der Waals surface area contributed by atoms with Gasteiger partial charge in [0.25, 0.3) is 0 Å². The van der Waals surface area contributed by atoms with Crippen LogP contribution in [0.15, 0.2) is 18.2 Å². The number of aryl methyl sites for hydroxylation is 1. The van der Waals surface area contributed by atoms with E-state index in [0.717, 1.165) is 36.1 Å². The summed E-state index contributed by atoms with van der Waals surface area (Å²) in [5.74, 6) is 1.18. The molecule has 5 nitrogen and oxygen atoms in total. The number of amides is 2. The van der Waals surface area contributed by atoms with E-state index in [9.17, 15) is 4.79 Å². The maximum atomic E-state index is 12.1. The Morgan fingerprint density at radius 2 is 2.27 bits per heavy atom. The Hall–Kier alpha value is -1.75. The van der Waals surface area contributed by atoms with Gasteiger partial charge in [0, 0.05) is 18.7 Å². The van der Waals surface area contributed by atoms with Crippen LogP contribution >= 0.6 is 0 Å². The van der Waals surface area contributed by atoms with Crippen molar-refractivity contribution in [3.63, 3.8) is 0 Å². The van der Waals surface area contributed by atoms with Crippen molar-refractivity contribution in [2.75, 3.05) is 19.8 Å². The first kappa shape index (κ1) is 16.6. The highest BCUT2D eigenvalue weighted by Crippen LogP contribution is 2.32. The molecule has 3 N–H and O–H groups in total. The number of hydrogen-bond donors (Lipinski definition) is 3. The molecule has 0 spiro atoms. The molecule has 1 aliphatic heterocycles. The van der Waals surface area contributed by atoms with E-state index in [2.05, 4.69) is 23.6 Å². The number of aliphatic hydroxyl groups is 1. The van der Waals surface area contributed by atoms with Gasteiger partial charge in [0.2, 0.25) is 0 Å². The Morgan fingerprint density at radius 1 is 1.45 bits per heavy atom. The Kier molecular flexibility index (Phi) is 6.07. The van der Waals surface area contributed by atoms with Crippen LogP contribution in [0.25, 0.3) is 0 Å². The molecule has 22 heavy (non-hydrogen) atoms. The minimum Gasteiger partial charge on any atom is -0.491 e. The summed E-state index contributed by atoms with van der Waals surface area (Å²) in [4.78, 5) is 12.1. The highest BCUT2D eigenvalue weighted by molar-refractivity contribution is 5.74. The average Bonchev–Trinajstić information content (AvgIpc) is 2.87. The van der Waals surface area contributed by atoms with E-state index in [1.54, 1.807) is 0 Å². The Morgan fingerprint density at radius 3 is 3.00 bits per heavy atom. The number of fused-ring (bicyclic) bond motifs is 1. The second kappa shape index (κ2) is 8.03. The predicted octanol–water partition coefficient (Wildman–Crippen LogP) is 2.53. The van der Waals surface area contributed by atoms with Crippen LogP contribution in [0.5, 0.6) is 5.75 Å². The molecule has 1 heterocycles. The molecule has 1 aromatic carbocycles. The number of ether oxygens (including phenoxy) is 1. The second-order valence-electron chi connectivity index (χ2n) is 5.93. The number of nitrogens with one attached hydrogen (secondary N) is 2. The van der Waals surface area contributed by atoms with Gasteiger partial charge in [-0.25, -0.2) is 4.79 Å². The van der Waals surface area contributed by atoms with Crippen LogP contribution in [0.4, 0.5) is 4.79 Å². The molecule has 0 aliphatic carbocycles. The fourth-order valence-corrected chi connectivity index (χ4v) is 2.84. The number of carbonyl (C=O) groups excluding carboxylic acids is 1. The summed E-state index contributed by atoms with van der Waals surface area (Å²) >= 11 is 0. The van der Waals surface area contributed by atoms with E-state index in [0.29, 0.717) is 19.1 Å². The average molecular weight is 306 g/mol.